The lowest BCUT2D eigenvalue weighted by atomic mass is 9.95. The van der Waals surface area contributed by atoms with E-state index in [0.717, 1.165) is 0 Å². The van der Waals surface area contributed by atoms with Gasteiger partial charge in [0.1, 0.15) is 29.1 Å². The van der Waals surface area contributed by atoms with Gasteiger partial charge in [-0.3, -0.25) is 5.01 Å². The van der Waals surface area contributed by atoms with Gasteiger partial charge in [-0.15, -0.1) is 0 Å². The fourth-order valence-electron chi connectivity index (χ4n) is 4.71. The van der Waals surface area contributed by atoms with Gasteiger partial charge < -0.3 is 14.4 Å². The summed E-state index contributed by atoms with van der Waals surface area (Å²) < 4.78 is 80.2. The predicted octanol–water partition coefficient (Wildman–Crippen LogP) is 5.98. The Morgan fingerprint density at radius 3 is 2.37 bits per heavy atom. The molecule has 2 heterocycles. The highest BCUT2D eigenvalue weighted by Gasteiger charge is 2.47. The topological polar surface area (TPSA) is 37.3 Å². The lowest BCUT2D eigenvalue weighted by Crippen LogP contribution is -2.47. The van der Waals surface area contributed by atoms with E-state index in [-0.39, 0.29) is 12.2 Å². The highest BCUT2D eigenvalue weighted by molar-refractivity contribution is 5.95. The smallest absolute Gasteiger partial charge is 0.431 e. The largest absolute Gasteiger partial charge is 0.497 e. The van der Waals surface area contributed by atoms with Crippen LogP contribution >= 0.6 is 0 Å². The zero-order chi connectivity index (χ0) is 25.3. The third-order valence-corrected chi connectivity index (χ3v) is 6.61. The Balaban J connectivity index is 1.42. The van der Waals surface area contributed by atoms with Gasteiger partial charge in [0, 0.05) is 24.9 Å². The van der Waals surface area contributed by atoms with Crippen molar-refractivity contribution in [2.45, 2.75) is 51.2 Å². The average Bonchev–Trinajstić information content (AvgIpc) is 3.18. The van der Waals surface area contributed by atoms with Gasteiger partial charge in [-0.2, -0.15) is 18.3 Å². The van der Waals surface area contributed by atoms with E-state index >= 15 is 0 Å². The molecule has 2 aromatic carbocycles. The number of rotatable bonds is 6. The van der Waals surface area contributed by atoms with Crippen molar-refractivity contribution < 1.29 is 31.4 Å². The number of hydrazone groups is 1. The summed E-state index contributed by atoms with van der Waals surface area (Å²) >= 11 is 0. The standard InChI is InChI=1S/C25H28F5N3O2/c1-4-21-15(2)24(25(28,29)30)31-33(21)16-5-7-17(8-6-16)35-23-11-12-32(14-20(23)27)22-13-18(34-3)9-10-19(22)26/h5-10,13,15,20-21,23H,4,11-12,14H2,1-3H3/t15?,20?,21-,23?/m0/s1. The van der Waals surface area contributed by atoms with Crippen molar-refractivity contribution in [2.75, 3.05) is 30.1 Å². The lowest BCUT2D eigenvalue weighted by molar-refractivity contribution is -0.0620. The van der Waals surface area contributed by atoms with Crippen molar-refractivity contribution in [1.29, 1.82) is 0 Å². The van der Waals surface area contributed by atoms with Gasteiger partial charge in [0.25, 0.3) is 0 Å². The zero-order valence-electron chi connectivity index (χ0n) is 19.7. The molecule has 0 radical (unpaired) electrons. The minimum Gasteiger partial charge on any atom is -0.497 e. The van der Waals surface area contributed by atoms with Gasteiger partial charge in [0.2, 0.25) is 0 Å². The van der Waals surface area contributed by atoms with Crippen LogP contribution in [0.2, 0.25) is 0 Å². The van der Waals surface area contributed by atoms with Gasteiger partial charge in [-0.05, 0) is 42.8 Å². The third kappa shape index (κ3) is 5.16. The maximum atomic E-state index is 15.0. The number of nitrogens with zero attached hydrogens (tertiary/aromatic N) is 3. The molecule has 2 aliphatic rings. The molecule has 1 saturated heterocycles. The van der Waals surface area contributed by atoms with Crippen molar-refractivity contribution in [3.63, 3.8) is 0 Å². The fraction of sp³-hybridized carbons (Fsp3) is 0.480. The van der Waals surface area contributed by atoms with Gasteiger partial charge in [0.15, 0.2) is 6.17 Å². The molecule has 4 rings (SSSR count). The Morgan fingerprint density at radius 1 is 1.09 bits per heavy atom. The molecule has 0 aromatic heterocycles. The molecule has 0 saturated carbocycles. The van der Waals surface area contributed by atoms with Crippen molar-refractivity contribution >= 4 is 17.1 Å². The molecule has 0 N–H and O–H groups in total. The molecule has 0 aliphatic carbocycles. The van der Waals surface area contributed by atoms with Gasteiger partial charge >= 0.3 is 6.18 Å². The summed E-state index contributed by atoms with van der Waals surface area (Å²) in [5.74, 6) is -0.309. The van der Waals surface area contributed by atoms with E-state index < -0.39 is 41.9 Å². The number of ether oxygens (including phenoxy) is 2. The maximum Gasteiger partial charge on any atom is 0.431 e. The van der Waals surface area contributed by atoms with Crippen LogP contribution in [-0.2, 0) is 0 Å². The SMILES string of the molecule is CC[C@H]1C(C)C(C(F)(F)F)=NN1c1ccc(OC2CCN(c3cc(OC)ccc3F)CC2F)cc1. The molecule has 5 nitrogen and oxygen atoms in total. The van der Waals surface area contributed by atoms with E-state index in [1.165, 1.54) is 37.2 Å². The highest BCUT2D eigenvalue weighted by Crippen LogP contribution is 2.37. The summed E-state index contributed by atoms with van der Waals surface area (Å²) in [6.45, 7) is 3.71. The number of piperidine rings is 1. The monoisotopic (exact) mass is 497 g/mol. The summed E-state index contributed by atoms with van der Waals surface area (Å²) in [5, 5.41) is 5.26. The van der Waals surface area contributed by atoms with Crippen LogP contribution < -0.4 is 19.4 Å². The van der Waals surface area contributed by atoms with Crippen molar-refractivity contribution in [1.82, 2.24) is 0 Å². The molecule has 190 valence electrons. The molecule has 35 heavy (non-hydrogen) atoms. The average molecular weight is 498 g/mol. The van der Waals surface area contributed by atoms with Crippen molar-refractivity contribution in [3.05, 3.63) is 48.3 Å². The Labute approximate surface area is 201 Å². The van der Waals surface area contributed by atoms with E-state index in [0.29, 0.717) is 36.6 Å². The van der Waals surface area contributed by atoms with Crippen LogP contribution in [0.5, 0.6) is 11.5 Å². The molecular weight excluding hydrogens is 469 g/mol. The highest BCUT2D eigenvalue weighted by atomic mass is 19.4. The number of halogens is 5. The number of methoxy groups -OCH3 is 1. The lowest BCUT2D eigenvalue weighted by Gasteiger charge is -2.36. The molecule has 2 aromatic rings. The number of hydrogen-bond donors (Lipinski definition) is 0. The Kier molecular flexibility index (Phi) is 7.10. The molecule has 0 amide bonds. The molecular formula is C25H28F5N3O2. The summed E-state index contributed by atoms with van der Waals surface area (Å²) in [5.41, 5.74) is -0.00139. The van der Waals surface area contributed by atoms with Gasteiger partial charge in [-0.1, -0.05) is 13.8 Å². The van der Waals surface area contributed by atoms with Crippen LogP contribution in [0.25, 0.3) is 0 Å². The van der Waals surface area contributed by atoms with Crippen molar-refractivity contribution in [3.8, 4) is 11.5 Å². The first-order chi connectivity index (χ1) is 16.6. The predicted molar refractivity (Wildman–Crippen MR) is 125 cm³/mol. The maximum absolute atomic E-state index is 15.0. The molecule has 10 heteroatoms. The van der Waals surface area contributed by atoms with Crippen LogP contribution in [-0.4, -0.2) is 50.4 Å². The van der Waals surface area contributed by atoms with Crippen LogP contribution in [0, 0.1) is 11.7 Å². The normalized spacial score (nSPS) is 25.0. The van der Waals surface area contributed by atoms with E-state index in [1.807, 2.05) is 6.92 Å². The second-order valence-corrected chi connectivity index (χ2v) is 8.81. The minimum absolute atomic E-state index is 0.0361. The third-order valence-electron chi connectivity index (χ3n) is 6.61. The molecule has 0 spiro atoms. The molecule has 1 fully saturated rings. The number of anilines is 2. The zero-order valence-corrected chi connectivity index (χ0v) is 19.7. The van der Waals surface area contributed by atoms with E-state index in [2.05, 4.69) is 5.10 Å². The first-order valence-electron chi connectivity index (χ1n) is 11.6. The second kappa shape index (κ2) is 9.91. The molecule has 4 atom stereocenters. The Hall–Kier alpha value is -3.04. The molecule has 2 aliphatic heterocycles. The second-order valence-electron chi connectivity index (χ2n) is 8.81. The van der Waals surface area contributed by atoms with E-state index in [9.17, 15) is 22.0 Å². The molecule has 0 bridgehead atoms. The van der Waals surface area contributed by atoms with Gasteiger partial charge in [0.05, 0.1) is 31.1 Å². The first-order valence-corrected chi connectivity index (χ1v) is 11.6. The Bertz CT molecular complexity index is 1060. The van der Waals surface area contributed by atoms with Crippen LogP contribution in [0.4, 0.5) is 33.3 Å². The van der Waals surface area contributed by atoms with Gasteiger partial charge in [-0.25, -0.2) is 8.78 Å². The summed E-state index contributed by atoms with van der Waals surface area (Å²) in [4.78, 5) is 1.63. The Morgan fingerprint density at radius 2 is 1.77 bits per heavy atom. The summed E-state index contributed by atoms with van der Waals surface area (Å²) in [7, 11) is 1.48. The molecule has 3 unspecified atom stereocenters. The van der Waals surface area contributed by atoms with E-state index in [4.69, 9.17) is 9.47 Å². The van der Waals surface area contributed by atoms with Crippen LogP contribution in [0.15, 0.2) is 47.6 Å². The minimum atomic E-state index is -4.48. The van der Waals surface area contributed by atoms with Crippen molar-refractivity contribution in [2.24, 2.45) is 11.0 Å². The summed E-state index contributed by atoms with van der Waals surface area (Å²) in [6.07, 6.45) is -5.74. The fourth-order valence-corrected chi connectivity index (χ4v) is 4.71. The summed E-state index contributed by atoms with van der Waals surface area (Å²) in [6, 6.07) is 10.4. The number of alkyl halides is 4. The van der Waals surface area contributed by atoms with Crippen LogP contribution in [0.1, 0.15) is 26.7 Å². The van der Waals surface area contributed by atoms with Crippen LogP contribution in [0.3, 0.4) is 0 Å². The van der Waals surface area contributed by atoms with E-state index in [1.54, 1.807) is 29.2 Å². The quantitative estimate of drug-likeness (QED) is 0.460. The first kappa shape index (κ1) is 25.1. The number of hydrogen-bond acceptors (Lipinski definition) is 5. The number of benzene rings is 2.